The number of hydrogen-bond donors (Lipinski definition) is 1. The van der Waals surface area contributed by atoms with E-state index in [0.29, 0.717) is 43.2 Å². The summed E-state index contributed by atoms with van der Waals surface area (Å²) >= 11 is 0. The number of benzene rings is 2. The average molecular weight is 495 g/mol. The molecule has 10 heteroatoms. The van der Waals surface area contributed by atoms with Crippen molar-refractivity contribution in [1.29, 1.82) is 0 Å². The van der Waals surface area contributed by atoms with Crippen LogP contribution in [0.3, 0.4) is 0 Å². The summed E-state index contributed by atoms with van der Waals surface area (Å²) in [6.07, 6.45) is 0.248. The third kappa shape index (κ3) is 4.98. The van der Waals surface area contributed by atoms with E-state index in [1.54, 1.807) is 55.2 Å². The second kappa shape index (κ2) is 10.3. The van der Waals surface area contributed by atoms with E-state index in [1.807, 2.05) is 24.3 Å². The molecule has 2 aromatic rings. The van der Waals surface area contributed by atoms with Crippen LogP contribution >= 0.6 is 0 Å². The Balaban J connectivity index is 1.32. The van der Waals surface area contributed by atoms with Gasteiger partial charge in [-0.3, -0.25) is 19.3 Å². The molecule has 2 heterocycles. The molecule has 0 radical (unpaired) electrons. The maximum Gasteiger partial charge on any atom is 0.325 e. The molecule has 10 nitrogen and oxygen atoms in total. The first-order valence-electron chi connectivity index (χ1n) is 11.7. The summed E-state index contributed by atoms with van der Waals surface area (Å²) in [6.45, 7) is 2.71. The van der Waals surface area contributed by atoms with E-state index in [0.717, 1.165) is 10.5 Å². The van der Waals surface area contributed by atoms with Crippen LogP contribution in [-0.2, 0) is 26.3 Å². The first kappa shape index (κ1) is 25.0. The molecule has 1 N–H and O–H groups in total. The van der Waals surface area contributed by atoms with E-state index in [-0.39, 0.29) is 24.8 Å². The SMILES string of the molecule is COc1ccc(C2(C)NC(=O)N(CC(=O)N3CCN(C(=O)Cc4cccc(OC)c4)CC3)C2=O)cc1. The number of urea groups is 1. The molecular formula is C26H30N4O6. The number of hydrogen-bond acceptors (Lipinski definition) is 6. The molecule has 0 aliphatic carbocycles. The number of imide groups is 1. The first-order valence-corrected chi connectivity index (χ1v) is 11.7. The lowest BCUT2D eigenvalue weighted by atomic mass is 9.92. The minimum Gasteiger partial charge on any atom is -0.497 e. The highest BCUT2D eigenvalue weighted by Gasteiger charge is 2.49. The van der Waals surface area contributed by atoms with Crippen LogP contribution in [0.4, 0.5) is 4.79 Å². The molecule has 1 atom stereocenters. The van der Waals surface area contributed by atoms with Gasteiger partial charge in [0, 0.05) is 26.2 Å². The topological polar surface area (TPSA) is 108 Å². The van der Waals surface area contributed by atoms with Crippen molar-refractivity contribution in [2.45, 2.75) is 18.9 Å². The standard InChI is InChI=1S/C26H30N4O6/c1-26(19-7-9-20(35-2)10-8-19)24(33)30(25(34)27-26)17-23(32)29-13-11-28(12-14-29)22(31)16-18-5-4-6-21(15-18)36-3/h4-10,15H,11-14,16-17H2,1-3H3,(H,27,34). The van der Waals surface area contributed by atoms with Crippen LogP contribution in [0.5, 0.6) is 11.5 Å². The van der Waals surface area contributed by atoms with Crippen LogP contribution in [0.15, 0.2) is 48.5 Å². The zero-order chi connectivity index (χ0) is 25.9. The summed E-state index contributed by atoms with van der Waals surface area (Å²) < 4.78 is 10.4. The van der Waals surface area contributed by atoms with Crippen molar-refractivity contribution in [3.63, 3.8) is 0 Å². The lowest BCUT2D eigenvalue weighted by molar-refractivity contribution is -0.142. The molecule has 4 rings (SSSR count). The van der Waals surface area contributed by atoms with Crippen molar-refractivity contribution < 1.29 is 28.7 Å². The van der Waals surface area contributed by atoms with Gasteiger partial charge in [-0.15, -0.1) is 0 Å². The average Bonchev–Trinajstić information content (AvgIpc) is 3.12. The lowest BCUT2D eigenvalue weighted by Crippen LogP contribution is -2.53. The molecular weight excluding hydrogens is 464 g/mol. The van der Waals surface area contributed by atoms with Gasteiger partial charge in [-0.1, -0.05) is 24.3 Å². The van der Waals surface area contributed by atoms with Gasteiger partial charge in [-0.2, -0.15) is 0 Å². The fourth-order valence-corrected chi connectivity index (χ4v) is 4.47. The summed E-state index contributed by atoms with van der Waals surface area (Å²) in [5.74, 6) is 0.474. The molecule has 2 aliphatic rings. The van der Waals surface area contributed by atoms with Gasteiger partial charge < -0.3 is 24.6 Å². The Morgan fingerprint density at radius 1 is 0.889 bits per heavy atom. The number of methoxy groups -OCH3 is 2. The zero-order valence-electron chi connectivity index (χ0n) is 20.7. The van der Waals surface area contributed by atoms with Crippen molar-refractivity contribution in [2.75, 3.05) is 46.9 Å². The minimum absolute atomic E-state index is 0.0280. The van der Waals surface area contributed by atoms with E-state index in [1.165, 1.54) is 0 Å². The van der Waals surface area contributed by atoms with Crippen molar-refractivity contribution in [3.05, 3.63) is 59.7 Å². The highest BCUT2D eigenvalue weighted by Crippen LogP contribution is 2.30. The predicted octanol–water partition coefficient (Wildman–Crippen LogP) is 1.38. The Labute approximate surface area is 209 Å². The second-order valence-electron chi connectivity index (χ2n) is 8.96. The number of ether oxygens (including phenoxy) is 2. The fraction of sp³-hybridized carbons (Fsp3) is 0.385. The number of nitrogens with zero attached hydrogens (tertiary/aromatic N) is 3. The Bertz CT molecular complexity index is 1160. The Kier molecular flexibility index (Phi) is 7.14. The molecule has 5 amide bonds. The van der Waals surface area contributed by atoms with Gasteiger partial charge in [0.2, 0.25) is 11.8 Å². The molecule has 2 fully saturated rings. The molecule has 0 saturated carbocycles. The first-order chi connectivity index (χ1) is 17.2. The molecule has 0 aromatic heterocycles. The van der Waals surface area contributed by atoms with Gasteiger partial charge in [0.25, 0.3) is 5.91 Å². The number of piperazine rings is 1. The van der Waals surface area contributed by atoms with E-state index >= 15 is 0 Å². The highest BCUT2D eigenvalue weighted by molar-refractivity contribution is 6.09. The zero-order valence-corrected chi connectivity index (χ0v) is 20.7. The van der Waals surface area contributed by atoms with E-state index in [2.05, 4.69) is 5.32 Å². The van der Waals surface area contributed by atoms with Crippen LogP contribution in [0.25, 0.3) is 0 Å². The quantitative estimate of drug-likeness (QED) is 0.583. The number of amides is 5. The van der Waals surface area contributed by atoms with Crippen LogP contribution in [0.1, 0.15) is 18.1 Å². The number of rotatable bonds is 7. The normalized spacial score (nSPS) is 19.8. The van der Waals surface area contributed by atoms with Gasteiger partial charge in [0.05, 0.1) is 20.6 Å². The molecule has 0 spiro atoms. The Morgan fingerprint density at radius 2 is 1.50 bits per heavy atom. The van der Waals surface area contributed by atoms with Crippen LogP contribution < -0.4 is 14.8 Å². The molecule has 36 heavy (non-hydrogen) atoms. The highest BCUT2D eigenvalue weighted by atomic mass is 16.5. The van der Waals surface area contributed by atoms with Crippen molar-refractivity contribution in [3.8, 4) is 11.5 Å². The molecule has 2 aromatic carbocycles. The molecule has 0 bridgehead atoms. The third-order valence-corrected chi connectivity index (χ3v) is 6.71. The second-order valence-corrected chi connectivity index (χ2v) is 8.96. The molecule has 1 unspecified atom stereocenters. The van der Waals surface area contributed by atoms with Gasteiger partial charge in [-0.25, -0.2) is 4.79 Å². The van der Waals surface area contributed by atoms with E-state index in [4.69, 9.17) is 9.47 Å². The van der Waals surface area contributed by atoms with Gasteiger partial charge >= 0.3 is 6.03 Å². The third-order valence-electron chi connectivity index (χ3n) is 6.71. The van der Waals surface area contributed by atoms with Gasteiger partial charge in [0.1, 0.15) is 23.6 Å². The smallest absolute Gasteiger partial charge is 0.325 e. The largest absolute Gasteiger partial charge is 0.497 e. The fourth-order valence-electron chi connectivity index (χ4n) is 4.47. The summed E-state index contributed by atoms with van der Waals surface area (Å²) in [7, 11) is 3.12. The molecule has 2 saturated heterocycles. The summed E-state index contributed by atoms with van der Waals surface area (Å²) in [5, 5.41) is 2.71. The number of carbonyl (C=O) groups is 4. The predicted molar refractivity (Wildman–Crippen MR) is 130 cm³/mol. The minimum atomic E-state index is -1.27. The summed E-state index contributed by atoms with van der Waals surface area (Å²) in [5.41, 5.74) is 0.186. The van der Waals surface area contributed by atoms with Gasteiger partial charge in [-0.05, 0) is 42.3 Å². The molecule has 2 aliphatic heterocycles. The lowest BCUT2D eigenvalue weighted by Gasteiger charge is -2.35. The maximum absolute atomic E-state index is 13.2. The van der Waals surface area contributed by atoms with Crippen LogP contribution in [0, 0.1) is 0 Å². The van der Waals surface area contributed by atoms with Gasteiger partial charge in [0.15, 0.2) is 0 Å². The maximum atomic E-state index is 13.2. The van der Waals surface area contributed by atoms with Crippen LogP contribution in [-0.4, -0.2) is 85.4 Å². The molecule has 190 valence electrons. The van der Waals surface area contributed by atoms with E-state index in [9.17, 15) is 19.2 Å². The van der Waals surface area contributed by atoms with Crippen molar-refractivity contribution in [1.82, 2.24) is 20.0 Å². The Hall–Kier alpha value is -4.08. The monoisotopic (exact) mass is 494 g/mol. The summed E-state index contributed by atoms with van der Waals surface area (Å²) in [4.78, 5) is 55.7. The van der Waals surface area contributed by atoms with Crippen molar-refractivity contribution in [2.24, 2.45) is 0 Å². The number of nitrogens with one attached hydrogen (secondary N) is 1. The van der Waals surface area contributed by atoms with E-state index < -0.39 is 17.5 Å². The Morgan fingerprint density at radius 3 is 2.11 bits per heavy atom. The van der Waals surface area contributed by atoms with Crippen molar-refractivity contribution >= 4 is 23.8 Å². The number of carbonyl (C=O) groups excluding carboxylic acids is 4. The summed E-state index contributed by atoms with van der Waals surface area (Å²) in [6, 6.07) is 13.6. The van der Waals surface area contributed by atoms with Crippen LogP contribution in [0.2, 0.25) is 0 Å².